The molecule has 1 fully saturated rings. The summed E-state index contributed by atoms with van der Waals surface area (Å²) in [5.41, 5.74) is -1.16. The number of benzene rings is 1. The van der Waals surface area contributed by atoms with Crippen molar-refractivity contribution in [1.82, 2.24) is 0 Å². The number of methoxy groups -OCH3 is 1. The summed E-state index contributed by atoms with van der Waals surface area (Å²) in [6.07, 6.45) is 1.49. The van der Waals surface area contributed by atoms with Crippen molar-refractivity contribution in [2.75, 3.05) is 7.11 Å². The monoisotopic (exact) mass is 318 g/mol. The molecule has 6 heteroatoms. The highest BCUT2D eigenvalue weighted by molar-refractivity contribution is 9.10. The largest absolute Gasteiger partial charge is 0.504 e. The summed E-state index contributed by atoms with van der Waals surface area (Å²) >= 11 is 3.02. The summed E-state index contributed by atoms with van der Waals surface area (Å²) in [6.45, 7) is 0. The van der Waals surface area contributed by atoms with E-state index in [1.54, 1.807) is 0 Å². The number of carboxylic acids is 1. The van der Waals surface area contributed by atoms with Gasteiger partial charge in [0.15, 0.2) is 11.5 Å². The molecule has 0 heterocycles. The number of carbonyl (C=O) groups is 1. The van der Waals surface area contributed by atoms with Gasteiger partial charge in [-0.05, 0) is 28.8 Å². The average molecular weight is 319 g/mol. The molecule has 0 amide bonds. The lowest BCUT2D eigenvalue weighted by atomic mass is 9.64. The molecule has 1 aliphatic rings. The lowest BCUT2D eigenvalue weighted by Crippen LogP contribution is -2.42. The standard InChI is InChI=1S/C12H12BrFO4/c1-18-7-5-6(14)9(13)8(10(7)15)12(11(16)17)3-2-4-12/h5,15H,2-4H2,1H3,(H,16,17). The van der Waals surface area contributed by atoms with Crippen molar-refractivity contribution in [2.45, 2.75) is 24.7 Å². The molecule has 1 aromatic rings. The summed E-state index contributed by atoms with van der Waals surface area (Å²) < 4.78 is 18.6. The first-order chi connectivity index (χ1) is 8.44. The normalized spacial score (nSPS) is 17.1. The van der Waals surface area contributed by atoms with Gasteiger partial charge in [0.1, 0.15) is 5.82 Å². The van der Waals surface area contributed by atoms with E-state index in [2.05, 4.69) is 15.9 Å². The zero-order valence-corrected chi connectivity index (χ0v) is 11.3. The number of hydrogen-bond acceptors (Lipinski definition) is 3. The van der Waals surface area contributed by atoms with Gasteiger partial charge in [0, 0.05) is 11.6 Å². The molecule has 1 aliphatic carbocycles. The highest BCUT2D eigenvalue weighted by Crippen LogP contribution is 2.52. The molecule has 0 aliphatic heterocycles. The highest BCUT2D eigenvalue weighted by atomic mass is 79.9. The van der Waals surface area contributed by atoms with Crippen molar-refractivity contribution in [3.05, 3.63) is 21.9 Å². The van der Waals surface area contributed by atoms with Crippen molar-refractivity contribution in [1.29, 1.82) is 0 Å². The number of ether oxygens (including phenoxy) is 1. The van der Waals surface area contributed by atoms with Crippen LogP contribution in [0.4, 0.5) is 4.39 Å². The molecule has 4 nitrogen and oxygen atoms in total. The van der Waals surface area contributed by atoms with Crippen LogP contribution in [0.1, 0.15) is 24.8 Å². The Hall–Kier alpha value is -1.30. The van der Waals surface area contributed by atoms with E-state index in [0.29, 0.717) is 12.8 Å². The maximum Gasteiger partial charge on any atom is 0.314 e. The SMILES string of the molecule is COc1cc(F)c(Br)c(C2(C(=O)O)CCC2)c1O. The quantitative estimate of drug-likeness (QED) is 0.899. The topological polar surface area (TPSA) is 66.8 Å². The van der Waals surface area contributed by atoms with Crippen LogP contribution < -0.4 is 4.74 Å². The fourth-order valence-electron chi connectivity index (χ4n) is 2.29. The first-order valence-electron chi connectivity index (χ1n) is 5.43. The lowest BCUT2D eigenvalue weighted by molar-refractivity contribution is -0.147. The minimum Gasteiger partial charge on any atom is -0.504 e. The van der Waals surface area contributed by atoms with Crippen LogP contribution in [0.2, 0.25) is 0 Å². The Morgan fingerprint density at radius 3 is 2.56 bits per heavy atom. The Kier molecular flexibility index (Phi) is 3.23. The second-order valence-corrected chi connectivity index (χ2v) is 5.13. The van der Waals surface area contributed by atoms with Crippen molar-refractivity contribution in [3.63, 3.8) is 0 Å². The number of hydrogen-bond donors (Lipinski definition) is 2. The molecular formula is C12H12BrFO4. The molecule has 0 atom stereocenters. The number of rotatable bonds is 3. The third-order valence-corrected chi connectivity index (χ3v) is 4.25. The van der Waals surface area contributed by atoms with Crippen LogP contribution in [0.5, 0.6) is 11.5 Å². The van der Waals surface area contributed by atoms with Gasteiger partial charge in [-0.15, -0.1) is 0 Å². The number of aromatic hydroxyl groups is 1. The number of carboxylic acid groups (broad SMARTS) is 1. The molecular weight excluding hydrogens is 307 g/mol. The van der Waals surface area contributed by atoms with Crippen LogP contribution in [0.25, 0.3) is 0 Å². The fourth-order valence-corrected chi connectivity index (χ4v) is 2.97. The first kappa shape index (κ1) is 13.1. The van der Waals surface area contributed by atoms with E-state index in [1.807, 2.05) is 0 Å². The molecule has 0 unspecified atom stereocenters. The highest BCUT2D eigenvalue weighted by Gasteiger charge is 2.49. The van der Waals surface area contributed by atoms with Crippen molar-refractivity contribution in [2.24, 2.45) is 0 Å². The molecule has 0 spiro atoms. The molecule has 1 saturated carbocycles. The summed E-state index contributed by atoms with van der Waals surface area (Å²) in [6, 6.07) is 1.02. The maximum atomic E-state index is 13.7. The van der Waals surface area contributed by atoms with E-state index in [0.717, 1.165) is 12.5 Å². The molecule has 0 bridgehead atoms. The van der Waals surface area contributed by atoms with E-state index >= 15 is 0 Å². The predicted molar refractivity (Wildman–Crippen MR) is 65.5 cm³/mol. The van der Waals surface area contributed by atoms with Gasteiger partial charge in [0.25, 0.3) is 0 Å². The Labute approximate surface area is 112 Å². The van der Waals surface area contributed by atoms with Crippen LogP contribution in [0.3, 0.4) is 0 Å². The molecule has 0 radical (unpaired) electrons. The van der Waals surface area contributed by atoms with Gasteiger partial charge >= 0.3 is 5.97 Å². The molecule has 0 saturated heterocycles. The van der Waals surface area contributed by atoms with E-state index in [-0.39, 0.29) is 21.5 Å². The second-order valence-electron chi connectivity index (χ2n) is 4.34. The Morgan fingerprint density at radius 1 is 1.56 bits per heavy atom. The van der Waals surface area contributed by atoms with Crippen molar-refractivity contribution >= 4 is 21.9 Å². The summed E-state index contributed by atoms with van der Waals surface area (Å²) in [7, 11) is 1.29. The van der Waals surface area contributed by atoms with Crippen LogP contribution in [0.15, 0.2) is 10.5 Å². The number of halogens is 2. The molecule has 2 N–H and O–H groups in total. The Balaban J connectivity index is 2.70. The Morgan fingerprint density at radius 2 is 2.17 bits per heavy atom. The summed E-state index contributed by atoms with van der Waals surface area (Å²) in [5.74, 6) is -2.07. The minimum atomic E-state index is -1.22. The second kappa shape index (κ2) is 4.42. The average Bonchev–Trinajstić information content (AvgIpc) is 2.26. The van der Waals surface area contributed by atoms with E-state index in [4.69, 9.17) is 4.74 Å². The van der Waals surface area contributed by atoms with E-state index < -0.39 is 17.2 Å². The summed E-state index contributed by atoms with van der Waals surface area (Å²) in [4.78, 5) is 11.4. The number of phenols is 1. The minimum absolute atomic E-state index is 0.0112. The summed E-state index contributed by atoms with van der Waals surface area (Å²) in [5, 5.41) is 19.4. The van der Waals surface area contributed by atoms with Gasteiger partial charge < -0.3 is 14.9 Å². The predicted octanol–water partition coefficient (Wildman–Crippen LogP) is 2.81. The molecule has 1 aromatic carbocycles. The molecule has 0 aromatic heterocycles. The van der Waals surface area contributed by atoms with Gasteiger partial charge in [-0.3, -0.25) is 4.79 Å². The van der Waals surface area contributed by atoms with Crippen molar-refractivity contribution < 1.29 is 24.1 Å². The Bertz CT molecular complexity index is 511. The lowest BCUT2D eigenvalue weighted by Gasteiger charge is -2.39. The molecule has 18 heavy (non-hydrogen) atoms. The zero-order valence-electron chi connectivity index (χ0n) is 9.67. The third-order valence-electron chi connectivity index (χ3n) is 3.47. The van der Waals surface area contributed by atoms with Gasteiger partial charge in [-0.2, -0.15) is 0 Å². The van der Waals surface area contributed by atoms with Gasteiger partial charge in [-0.1, -0.05) is 6.42 Å². The zero-order chi connectivity index (χ0) is 13.5. The van der Waals surface area contributed by atoms with Crippen molar-refractivity contribution in [3.8, 4) is 11.5 Å². The number of phenolic OH excluding ortho intramolecular Hbond substituents is 1. The van der Waals surface area contributed by atoms with Crippen LogP contribution in [-0.2, 0) is 10.2 Å². The van der Waals surface area contributed by atoms with Gasteiger partial charge in [0.05, 0.1) is 17.0 Å². The maximum absolute atomic E-state index is 13.7. The number of aliphatic carboxylic acids is 1. The van der Waals surface area contributed by atoms with Crippen LogP contribution in [-0.4, -0.2) is 23.3 Å². The van der Waals surface area contributed by atoms with Crippen LogP contribution in [0, 0.1) is 5.82 Å². The van der Waals surface area contributed by atoms with E-state index in [1.165, 1.54) is 7.11 Å². The van der Waals surface area contributed by atoms with Gasteiger partial charge in [-0.25, -0.2) is 4.39 Å². The van der Waals surface area contributed by atoms with Crippen LogP contribution >= 0.6 is 15.9 Å². The molecule has 98 valence electrons. The first-order valence-corrected chi connectivity index (χ1v) is 6.22. The van der Waals surface area contributed by atoms with Gasteiger partial charge in [0.2, 0.25) is 0 Å². The molecule has 2 rings (SSSR count). The third kappa shape index (κ3) is 1.67. The fraction of sp³-hybridized carbons (Fsp3) is 0.417. The van der Waals surface area contributed by atoms with E-state index in [9.17, 15) is 19.4 Å². The smallest absolute Gasteiger partial charge is 0.314 e.